The number of nitrogens with zero attached hydrogens (tertiary/aromatic N) is 2. The highest BCUT2D eigenvalue weighted by molar-refractivity contribution is 6.31. The summed E-state index contributed by atoms with van der Waals surface area (Å²) in [6.07, 6.45) is 0. The van der Waals surface area contributed by atoms with Gasteiger partial charge in [-0.15, -0.1) is 0 Å². The van der Waals surface area contributed by atoms with Crippen LogP contribution in [-0.4, -0.2) is 30.5 Å². The first-order valence-corrected chi connectivity index (χ1v) is 10.3. The van der Waals surface area contributed by atoms with Crippen molar-refractivity contribution in [3.63, 3.8) is 0 Å². The molecule has 0 atom stereocenters. The number of benzene rings is 3. The first kappa shape index (κ1) is 22.4. The van der Waals surface area contributed by atoms with E-state index in [0.717, 1.165) is 4.57 Å². The molecule has 0 amide bonds. The molecule has 0 aliphatic rings. The molecule has 0 saturated heterocycles. The highest BCUT2D eigenvalue weighted by Gasteiger charge is 2.20. The Bertz CT molecular complexity index is 1430. The monoisotopic (exact) mass is 470 g/mol. The maximum absolute atomic E-state index is 14.5. The molecule has 4 rings (SSSR count). The molecule has 170 valence electrons. The predicted octanol–water partition coefficient (Wildman–Crippen LogP) is 4.02. The number of rotatable bonds is 6. The number of aromatic nitrogens is 2. The van der Waals surface area contributed by atoms with Gasteiger partial charge in [0, 0.05) is 22.7 Å². The van der Waals surface area contributed by atoms with Crippen molar-refractivity contribution < 1.29 is 18.6 Å². The highest BCUT2D eigenvalue weighted by atomic mass is 35.5. The van der Waals surface area contributed by atoms with Gasteiger partial charge in [0.1, 0.15) is 5.82 Å². The number of methoxy groups -OCH3 is 3. The Hall–Kier alpha value is -3.78. The van der Waals surface area contributed by atoms with Gasteiger partial charge in [-0.1, -0.05) is 29.8 Å². The van der Waals surface area contributed by atoms with Gasteiger partial charge in [0.25, 0.3) is 5.56 Å². The summed E-state index contributed by atoms with van der Waals surface area (Å²) in [4.78, 5) is 27.0. The van der Waals surface area contributed by atoms with E-state index in [1.54, 1.807) is 30.3 Å². The fourth-order valence-corrected chi connectivity index (χ4v) is 3.96. The van der Waals surface area contributed by atoms with Crippen molar-refractivity contribution in [1.29, 1.82) is 0 Å². The van der Waals surface area contributed by atoms with Crippen LogP contribution in [0.15, 0.2) is 64.2 Å². The van der Waals surface area contributed by atoms with Gasteiger partial charge in [0.05, 0.1) is 44.5 Å². The summed E-state index contributed by atoms with van der Waals surface area (Å²) in [6, 6.07) is 13.9. The molecule has 0 fully saturated rings. The van der Waals surface area contributed by atoms with E-state index in [4.69, 9.17) is 25.8 Å². The minimum Gasteiger partial charge on any atom is -0.493 e. The standard InChI is InChI=1S/C24H20ClFN2O5/c1-31-20-11-14(12-21(32-2)22(20)33-3)28-23(29)15-7-4-5-10-19(15)27(24(28)30)13-16-17(25)8-6-9-18(16)26/h4-12H,13H2,1-3H3. The number of para-hydroxylation sites is 1. The third kappa shape index (κ3) is 3.82. The van der Waals surface area contributed by atoms with Gasteiger partial charge in [-0.3, -0.25) is 9.36 Å². The molecule has 0 aliphatic carbocycles. The lowest BCUT2D eigenvalue weighted by molar-refractivity contribution is 0.324. The number of halogens is 2. The Kier molecular flexibility index (Phi) is 6.11. The molecule has 0 radical (unpaired) electrons. The quantitative estimate of drug-likeness (QED) is 0.425. The zero-order chi connectivity index (χ0) is 23.7. The number of hydrogen-bond donors (Lipinski definition) is 0. The zero-order valence-electron chi connectivity index (χ0n) is 18.1. The third-order valence-electron chi connectivity index (χ3n) is 5.34. The van der Waals surface area contributed by atoms with Crippen LogP contribution >= 0.6 is 11.6 Å². The van der Waals surface area contributed by atoms with Gasteiger partial charge in [-0.05, 0) is 24.3 Å². The first-order chi connectivity index (χ1) is 15.9. The average Bonchev–Trinajstić information content (AvgIpc) is 2.82. The Morgan fingerprint density at radius 1 is 0.909 bits per heavy atom. The second kappa shape index (κ2) is 8.99. The first-order valence-electron chi connectivity index (χ1n) is 9.89. The van der Waals surface area contributed by atoms with Crippen molar-refractivity contribution in [2.45, 2.75) is 6.54 Å². The zero-order valence-corrected chi connectivity index (χ0v) is 18.9. The van der Waals surface area contributed by atoms with E-state index in [1.807, 2.05) is 0 Å². The van der Waals surface area contributed by atoms with Gasteiger partial charge in [-0.25, -0.2) is 13.8 Å². The largest absolute Gasteiger partial charge is 0.493 e. The second-order valence-electron chi connectivity index (χ2n) is 7.11. The summed E-state index contributed by atoms with van der Waals surface area (Å²) in [5.74, 6) is 0.310. The van der Waals surface area contributed by atoms with Crippen LogP contribution in [-0.2, 0) is 6.54 Å². The second-order valence-corrected chi connectivity index (χ2v) is 7.52. The Morgan fingerprint density at radius 3 is 2.18 bits per heavy atom. The van der Waals surface area contributed by atoms with Crippen LogP contribution in [0, 0.1) is 5.82 Å². The predicted molar refractivity (Wildman–Crippen MR) is 124 cm³/mol. The lowest BCUT2D eigenvalue weighted by Crippen LogP contribution is -2.39. The fourth-order valence-electron chi connectivity index (χ4n) is 3.74. The molecule has 0 saturated carbocycles. The van der Waals surface area contributed by atoms with Crippen LogP contribution in [0.1, 0.15) is 5.56 Å². The molecule has 33 heavy (non-hydrogen) atoms. The third-order valence-corrected chi connectivity index (χ3v) is 5.69. The van der Waals surface area contributed by atoms with Crippen molar-refractivity contribution in [2.24, 2.45) is 0 Å². The van der Waals surface area contributed by atoms with Gasteiger partial charge < -0.3 is 14.2 Å². The van der Waals surface area contributed by atoms with Gasteiger partial charge in [0.15, 0.2) is 11.5 Å². The number of fused-ring (bicyclic) bond motifs is 1. The van der Waals surface area contributed by atoms with E-state index in [-0.39, 0.29) is 39.7 Å². The molecule has 4 aromatic rings. The van der Waals surface area contributed by atoms with E-state index in [9.17, 15) is 14.0 Å². The summed E-state index contributed by atoms with van der Waals surface area (Å²) < 4.78 is 32.9. The van der Waals surface area contributed by atoms with Crippen LogP contribution in [0.3, 0.4) is 0 Å². The van der Waals surface area contributed by atoms with E-state index in [1.165, 1.54) is 50.2 Å². The van der Waals surface area contributed by atoms with Crippen molar-refractivity contribution in [3.05, 3.63) is 91.8 Å². The minimum atomic E-state index is -0.674. The van der Waals surface area contributed by atoms with Crippen LogP contribution in [0.2, 0.25) is 5.02 Å². The molecule has 0 spiro atoms. The molecule has 7 nitrogen and oxygen atoms in total. The SMILES string of the molecule is COc1cc(-n2c(=O)c3ccccc3n(Cc3c(F)cccc3Cl)c2=O)cc(OC)c1OC. The topological polar surface area (TPSA) is 71.7 Å². The molecule has 9 heteroatoms. The average molecular weight is 471 g/mol. The minimum absolute atomic E-state index is 0.140. The maximum atomic E-state index is 14.5. The molecular formula is C24H20ClFN2O5. The van der Waals surface area contributed by atoms with E-state index in [0.29, 0.717) is 11.3 Å². The molecule has 0 bridgehead atoms. The van der Waals surface area contributed by atoms with Gasteiger partial charge >= 0.3 is 5.69 Å². The van der Waals surface area contributed by atoms with Gasteiger partial charge in [-0.2, -0.15) is 0 Å². The normalized spacial score (nSPS) is 10.9. The van der Waals surface area contributed by atoms with Crippen LogP contribution in [0.5, 0.6) is 17.2 Å². The van der Waals surface area contributed by atoms with E-state index < -0.39 is 17.1 Å². The summed E-state index contributed by atoms with van der Waals surface area (Å²) in [7, 11) is 4.32. The molecule has 3 aromatic carbocycles. The molecule has 0 aliphatic heterocycles. The fraction of sp³-hybridized carbons (Fsp3) is 0.167. The summed E-state index contributed by atoms with van der Waals surface area (Å²) >= 11 is 6.21. The van der Waals surface area contributed by atoms with Crippen molar-refractivity contribution in [3.8, 4) is 22.9 Å². The Morgan fingerprint density at radius 2 is 1.58 bits per heavy atom. The van der Waals surface area contributed by atoms with Crippen molar-refractivity contribution >= 4 is 22.5 Å². The Balaban J connectivity index is 2.06. The molecule has 0 N–H and O–H groups in total. The maximum Gasteiger partial charge on any atom is 0.336 e. The molecule has 1 aromatic heterocycles. The lowest BCUT2D eigenvalue weighted by Gasteiger charge is -2.17. The number of hydrogen-bond acceptors (Lipinski definition) is 5. The lowest BCUT2D eigenvalue weighted by atomic mass is 10.2. The smallest absolute Gasteiger partial charge is 0.336 e. The Labute approximate surface area is 193 Å². The summed E-state index contributed by atoms with van der Waals surface area (Å²) in [5.41, 5.74) is -0.510. The van der Waals surface area contributed by atoms with Crippen molar-refractivity contribution in [2.75, 3.05) is 21.3 Å². The summed E-state index contributed by atoms with van der Waals surface area (Å²) in [5, 5.41) is 0.454. The van der Waals surface area contributed by atoms with Crippen LogP contribution in [0.4, 0.5) is 4.39 Å². The molecule has 0 unspecified atom stereocenters. The van der Waals surface area contributed by atoms with E-state index in [2.05, 4.69) is 0 Å². The summed E-state index contributed by atoms with van der Waals surface area (Å²) in [6.45, 7) is -0.171. The van der Waals surface area contributed by atoms with Crippen LogP contribution in [0.25, 0.3) is 16.6 Å². The number of ether oxygens (including phenoxy) is 3. The van der Waals surface area contributed by atoms with Crippen molar-refractivity contribution in [1.82, 2.24) is 9.13 Å². The molecular weight excluding hydrogens is 451 g/mol. The van der Waals surface area contributed by atoms with Crippen LogP contribution < -0.4 is 25.5 Å². The van der Waals surface area contributed by atoms with Gasteiger partial charge in [0.2, 0.25) is 5.75 Å². The van der Waals surface area contributed by atoms with E-state index >= 15 is 0 Å². The molecule has 1 heterocycles. The highest BCUT2D eigenvalue weighted by Crippen LogP contribution is 2.38.